The lowest BCUT2D eigenvalue weighted by atomic mass is 10.1. The van der Waals surface area contributed by atoms with E-state index >= 15 is 0 Å². The Morgan fingerprint density at radius 3 is 2.67 bits per heavy atom. The molecule has 0 saturated carbocycles. The van der Waals surface area contributed by atoms with Gasteiger partial charge in [0, 0.05) is 24.2 Å². The van der Waals surface area contributed by atoms with Gasteiger partial charge >= 0.3 is 0 Å². The third kappa shape index (κ3) is 5.10. The summed E-state index contributed by atoms with van der Waals surface area (Å²) in [4.78, 5) is 10.3. The highest BCUT2D eigenvalue weighted by Crippen LogP contribution is 2.13. The smallest absolute Gasteiger partial charge is 0.270 e. The standard InChI is InChI=1S/C16H15FN4O2S/c1-11(13-3-2-4-15(9-13)21(22)23)19-20-16(24)18-10-12-5-7-14(17)8-6-12/h2-9H,10H2,1H3,(H2,18,20,24)/b19-11-. The predicted octanol–water partition coefficient (Wildman–Crippen LogP) is 3.12. The molecule has 0 heterocycles. The number of nitro benzene ring substituents is 1. The third-order valence-corrected chi connectivity index (χ3v) is 3.40. The third-order valence-electron chi connectivity index (χ3n) is 3.17. The fraction of sp³-hybridized carbons (Fsp3) is 0.125. The van der Waals surface area contributed by atoms with Crippen molar-refractivity contribution in [2.45, 2.75) is 13.5 Å². The van der Waals surface area contributed by atoms with Crippen molar-refractivity contribution >= 4 is 28.7 Å². The number of thiocarbonyl (C=S) groups is 1. The van der Waals surface area contributed by atoms with E-state index in [9.17, 15) is 14.5 Å². The number of nitrogens with zero attached hydrogens (tertiary/aromatic N) is 2. The first-order valence-corrected chi connectivity index (χ1v) is 7.44. The van der Waals surface area contributed by atoms with E-state index in [0.717, 1.165) is 5.56 Å². The lowest BCUT2D eigenvalue weighted by molar-refractivity contribution is -0.384. The van der Waals surface area contributed by atoms with Crippen LogP contribution < -0.4 is 10.7 Å². The molecule has 0 bridgehead atoms. The Morgan fingerprint density at radius 1 is 1.29 bits per heavy atom. The molecule has 0 aliphatic heterocycles. The first-order chi connectivity index (χ1) is 11.5. The number of nitro groups is 1. The molecular formula is C16H15FN4O2S. The molecule has 8 heteroatoms. The average Bonchev–Trinajstić information content (AvgIpc) is 2.59. The van der Waals surface area contributed by atoms with Crippen LogP contribution in [0.15, 0.2) is 53.6 Å². The molecule has 0 spiro atoms. The number of rotatable bonds is 5. The summed E-state index contributed by atoms with van der Waals surface area (Å²) in [7, 11) is 0. The molecule has 2 N–H and O–H groups in total. The van der Waals surface area contributed by atoms with Crippen LogP contribution in [0.1, 0.15) is 18.1 Å². The van der Waals surface area contributed by atoms with Gasteiger partial charge in [0.25, 0.3) is 5.69 Å². The van der Waals surface area contributed by atoms with Gasteiger partial charge in [-0.25, -0.2) is 4.39 Å². The fourth-order valence-electron chi connectivity index (χ4n) is 1.87. The molecule has 6 nitrogen and oxygen atoms in total. The summed E-state index contributed by atoms with van der Waals surface area (Å²) in [5, 5.41) is 18.1. The van der Waals surface area contributed by atoms with E-state index in [-0.39, 0.29) is 11.5 Å². The Balaban J connectivity index is 1.91. The van der Waals surface area contributed by atoms with Gasteiger partial charge in [0.05, 0.1) is 10.6 Å². The Hall–Kier alpha value is -2.87. The molecule has 0 aromatic heterocycles. The van der Waals surface area contributed by atoms with Crippen LogP contribution in [0.2, 0.25) is 0 Å². The minimum atomic E-state index is -0.459. The maximum Gasteiger partial charge on any atom is 0.270 e. The van der Waals surface area contributed by atoms with E-state index < -0.39 is 4.92 Å². The number of nitrogens with one attached hydrogen (secondary N) is 2. The van der Waals surface area contributed by atoms with Crippen molar-refractivity contribution in [2.75, 3.05) is 0 Å². The second kappa shape index (κ2) is 8.11. The molecule has 24 heavy (non-hydrogen) atoms. The topological polar surface area (TPSA) is 79.6 Å². The number of halogens is 1. The monoisotopic (exact) mass is 346 g/mol. The summed E-state index contributed by atoms with van der Waals surface area (Å²) in [5.74, 6) is -0.295. The highest BCUT2D eigenvalue weighted by atomic mass is 32.1. The summed E-state index contributed by atoms with van der Waals surface area (Å²) in [6, 6.07) is 12.2. The van der Waals surface area contributed by atoms with Crippen LogP contribution in [-0.2, 0) is 6.54 Å². The summed E-state index contributed by atoms with van der Waals surface area (Å²) >= 11 is 5.10. The van der Waals surface area contributed by atoms with Crippen LogP contribution in [0.25, 0.3) is 0 Å². The zero-order chi connectivity index (χ0) is 17.5. The van der Waals surface area contributed by atoms with Crippen LogP contribution in [0.4, 0.5) is 10.1 Å². The molecule has 0 amide bonds. The van der Waals surface area contributed by atoms with Crippen molar-refractivity contribution in [2.24, 2.45) is 5.10 Å². The molecule has 0 fully saturated rings. The van der Waals surface area contributed by atoms with Gasteiger partial charge in [0.2, 0.25) is 0 Å². The molecule has 0 atom stereocenters. The number of hydrogen-bond donors (Lipinski definition) is 2. The van der Waals surface area contributed by atoms with E-state index in [2.05, 4.69) is 15.8 Å². The second-order valence-corrected chi connectivity index (χ2v) is 5.33. The van der Waals surface area contributed by atoms with Crippen molar-refractivity contribution in [3.63, 3.8) is 0 Å². The summed E-state index contributed by atoms with van der Waals surface area (Å²) in [5.41, 5.74) is 4.73. The predicted molar refractivity (Wildman–Crippen MR) is 94.3 cm³/mol. The van der Waals surface area contributed by atoms with E-state index in [1.807, 2.05) is 0 Å². The van der Waals surface area contributed by atoms with E-state index in [1.54, 1.807) is 31.2 Å². The van der Waals surface area contributed by atoms with Crippen molar-refractivity contribution in [1.82, 2.24) is 10.7 Å². The number of non-ortho nitro benzene ring substituents is 1. The first-order valence-electron chi connectivity index (χ1n) is 7.03. The van der Waals surface area contributed by atoms with Crippen molar-refractivity contribution in [1.29, 1.82) is 0 Å². The Labute approximate surface area is 143 Å². The van der Waals surface area contributed by atoms with E-state index in [1.165, 1.54) is 24.3 Å². The molecule has 2 aromatic rings. The van der Waals surface area contributed by atoms with Crippen LogP contribution in [0.3, 0.4) is 0 Å². The second-order valence-electron chi connectivity index (χ2n) is 4.93. The van der Waals surface area contributed by atoms with E-state index in [4.69, 9.17) is 12.2 Å². The molecule has 0 aliphatic carbocycles. The Morgan fingerprint density at radius 2 is 2.00 bits per heavy atom. The van der Waals surface area contributed by atoms with Crippen molar-refractivity contribution in [3.05, 3.63) is 75.6 Å². The van der Waals surface area contributed by atoms with Crippen LogP contribution in [0.5, 0.6) is 0 Å². The fourth-order valence-corrected chi connectivity index (χ4v) is 1.99. The van der Waals surface area contributed by atoms with Gasteiger partial charge in [-0.05, 0) is 36.8 Å². The normalized spacial score (nSPS) is 11.0. The zero-order valence-electron chi connectivity index (χ0n) is 12.8. The minimum absolute atomic E-state index is 0.000869. The van der Waals surface area contributed by atoms with Gasteiger partial charge in [-0.15, -0.1) is 0 Å². The number of hydrogen-bond acceptors (Lipinski definition) is 4. The molecule has 0 saturated heterocycles. The molecule has 124 valence electrons. The summed E-state index contributed by atoms with van der Waals surface area (Å²) < 4.78 is 12.8. The molecule has 0 aliphatic rings. The quantitative estimate of drug-likeness (QED) is 0.376. The van der Waals surface area contributed by atoms with Crippen molar-refractivity contribution in [3.8, 4) is 0 Å². The van der Waals surface area contributed by atoms with Gasteiger partial charge in [0.15, 0.2) is 5.11 Å². The maximum absolute atomic E-state index is 12.8. The van der Waals surface area contributed by atoms with Gasteiger partial charge < -0.3 is 5.32 Å². The highest BCUT2D eigenvalue weighted by molar-refractivity contribution is 7.80. The lowest BCUT2D eigenvalue weighted by Gasteiger charge is -2.08. The lowest BCUT2D eigenvalue weighted by Crippen LogP contribution is -2.32. The molecule has 0 unspecified atom stereocenters. The highest BCUT2D eigenvalue weighted by Gasteiger charge is 2.07. The number of benzene rings is 2. The summed E-state index contributed by atoms with van der Waals surface area (Å²) in [6.45, 7) is 2.14. The van der Waals surface area contributed by atoms with E-state index in [0.29, 0.717) is 22.9 Å². The van der Waals surface area contributed by atoms with Gasteiger partial charge in [0.1, 0.15) is 5.82 Å². The van der Waals surface area contributed by atoms with Crippen LogP contribution in [-0.4, -0.2) is 15.7 Å². The molecular weight excluding hydrogens is 331 g/mol. The maximum atomic E-state index is 12.8. The Kier molecular flexibility index (Phi) is 5.91. The van der Waals surface area contributed by atoms with Gasteiger partial charge in [-0.2, -0.15) is 5.10 Å². The Bertz CT molecular complexity index is 778. The average molecular weight is 346 g/mol. The van der Waals surface area contributed by atoms with Gasteiger partial charge in [-0.3, -0.25) is 15.5 Å². The van der Waals surface area contributed by atoms with Gasteiger partial charge in [-0.1, -0.05) is 24.3 Å². The number of hydrazone groups is 1. The molecule has 2 aromatic carbocycles. The minimum Gasteiger partial charge on any atom is -0.357 e. The van der Waals surface area contributed by atoms with Crippen LogP contribution >= 0.6 is 12.2 Å². The summed E-state index contributed by atoms with van der Waals surface area (Å²) in [6.07, 6.45) is 0. The SMILES string of the molecule is C/C(=N/NC(=S)NCc1ccc(F)cc1)c1cccc([N+](=O)[O-])c1. The molecule has 2 rings (SSSR count). The first kappa shape index (κ1) is 17.5. The zero-order valence-corrected chi connectivity index (χ0v) is 13.6. The molecule has 0 radical (unpaired) electrons. The largest absolute Gasteiger partial charge is 0.357 e. The van der Waals surface area contributed by atoms with Crippen molar-refractivity contribution < 1.29 is 9.31 Å². The van der Waals surface area contributed by atoms with Crippen LogP contribution in [0, 0.1) is 15.9 Å².